The first-order chi connectivity index (χ1) is 9.77. The molecule has 21 heavy (non-hydrogen) atoms. The van der Waals surface area contributed by atoms with E-state index in [0.29, 0.717) is 5.92 Å². The summed E-state index contributed by atoms with van der Waals surface area (Å²) in [7, 11) is 0. The number of ether oxygens (including phenoxy) is 1. The Labute approximate surface area is 124 Å². The average Bonchev–Trinajstić information content (AvgIpc) is 2.75. The third-order valence-corrected chi connectivity index (χ3v) is 6.20. The number of para-hydroxylation sites is 1. The highest BCUT2D eigenvalue weighted by Gasteiger charge is 2.62. The van der Waals surface area contributed by atoms with Gasteiger partial charge in [0.15, 0.2) is 11.5 Å². The Bertz CT molecular complexity index is 592. The minimum absolute atomic E-state index is 0.0141. The van der Waals surface area contributed by atoms with E-state index in [1.807, 2.05) is 0 Å². The molecule has 3 atom stereocenters. The lowest BCUT2D eigenvalue weighted by Gasteiger charge is -2.38. The Balaban J connectivity index is 1.82. The normalized spacial score (nSPS) is 33.1. The van der Waals surface area contributed by atoms with E-state index in [1.165, 1.54) is 24.6 Å². The SMILES string of the molecule is CC1(C)C2CCC1(C)C(OC(=O)c1cccc(O)c1O)C2. The molecule has 2 N–H and O–H groups in total. The van der Waals surface area contributed by atoms with Crippen LogP contribution in [0.4, 0.5) is 0 Å². The molecule has 4 heteroatoms. The summed E-state index contributed by atoms with van der Waals surface area (Å²) in [5.74, 6) is -0.685. The van der Waals surface area contributed by atoms with Gasteiger partial charge >= 0.3 is 5.97 Å². The second-order valence-electron chi connectivity index (χ2n) is 7.18. The first-order valence-electron chi connectivity index (χ1n) is 7.49. The van der Waals surface area contributed by atoms with Gasteiger partial charge < -0.3 is 14.9 Å². The van der Waals surface area contributed by atoms with Crippen LogP contribution in [0.5, 0.6) is 11.5 Å². The van der Waals surface area contributed by atoms with Crippen LogP contribution >= 0.6 is 0 Å². The first-order valence-corrected chi connectivity index (χ1v) is 7.49. The summed E-state index contributed by atoms with van der Waals surface area (Å²) in [4.78, 5) is 12.3. The van der Waals surface area contributed by atoms with Crippen LogP contribution in [-0.4, -0.2) is 22.3 Å². The number of phenolic OH excluding ortho intramolecular Hbond substituents is 2. The van der Waals surface area contributed by atoms with Crippen LogP contribution in [0.2, 0.25) is 0 Å². The highest BCUT2D eigenvalue weighted by Crippen LogP contribution is 2.66. The van der Waals surface area contributed by atoms with E-state index in [4.69, 9.17) is 4.74 Å². The van der Waals surface area contributed by atoms with Crippen molar-refractivity contribution in [1.82, 2.24) is 0 Å². The molecule has 2 aliphatic rings. The van der Waals surface area contributed by atoms with Crippen LogP contribution in [0.25, 0.3) is 0 Å². The van der Waals surface area contributed by atoms with E-state index in [0.717, 1.165) is 12.8 Å². The number of aromatic hydroxyl groups is 2. The Hall–Kier alpha value is -1.71. The van der Waals surface area contributed by atoms with Crippen molar-refractivity contribution in [2.75, 3.05) is 0 Å². The fraction of sp³-hybridized carbons (Fsp3) is 0.588. The van der Waals surface area contributed by atoms with Gasteiger partial charge in [0, 0.05) is 5.41 Å². The van der Waals surface area contributed by atoms with Gasteiger partial charge in [0.25, 0.3) is 0 Å². The fourth-order valence-corrected chi connectivity index (χ4v) is 4.20. The minimum atomic E-state index is -0.557. The molecular weight excluding hydrogens is 268 g/mol. The summed E-state index contributed by atoms with van der Waals surface area (Å²) in [6, 6.07) is 4.34. The molecule has 4 nitrogen and oxygen atoms in total. The van der Waals surface area contributed by atoms with Crippen LogP contribution in [0, 0.1) is 16.7 Å². The number of fused-ring (bicyclic) bond motifs is 2. The van der Waals surface area contributed by atoms with Gasteiger partial charge in [-0.1, -0.05) is 26.8 Å². The van der Waals surface area contributed by atoms with E-state index in [9.17, 15) is 15.0 Å². The molecule has 2 bridgehead atoms. The number of rotatable bonds is 2. The number of hydrogen-bond acceptors (Lipinski definition) is 4. The van der Waals surface area contributed by atoms with Crippen molar-refractivity contribution in [2.24, 2.45) is 16.7 Å². The van der Waals surface area contributed by atoms with E-state index in [1.54, 1.807) is 0 Å². The molecule has 3 unspecified atom stereocenters. The zero-order valence-corrected chi connectivity index (χ0v) is 12.7. The monoisotopic (exact) mass is 290 g/mol. The zero-order chi connectivity index (χ0) is 15.4. The van der Waals surface area contributed by atoms with Gasteiger partial charge in [-0.3, -0.25) is 0 Å². The van der Waals surface area contributed by atoms with Gasteiger partial charge in [-0.05, 0) is 42.7 Å². The lowest BCUT2D eigenvalue weighted by Crippen LogP contribution is -2.38. The lowest BCUT2D eigenvalue weighted by atomic mass is 9.70. The molecule has 1 aromatic carbocycles. The second-order valence-corrected chi connectivity index (χ2v) is 7.18. The first kappa shape index (κ1) is 14.2. The molecule has 3 rings (SSSR count). The smallest absolute Gasteiger partial charge is 0.342 e. The molecule has 114 valence electrons. The van der Waals surface area contributed by atoms with E-state index in [2.05, 4.69) is 20.8 Å². The van der Waals surface area contributed by atoms with Crippen LogP contribution in [0.3, 0.4) is 0 Å². The summed E-state index contributed by atoms with van der Waals surface area (Å²) in [6.45, 7) is 6.70. The van der Waals surface area contributed by atoms with Crippen LogP contribution in [-0.2, 0) is 4.74 Å². The van der Waals surface area contributed by atoms with Gasteiger partial charge in [0.05, 0.1) is 0 Å². The van der Waals surface area contributed by atoms with Crippen molar-refractivity contribution in [1.29, 1.82) is 0 Å². The number of esters is 1. The molecule has 0 radical (unpaired) electrons. The predicted molar refractivity (Wildman–Crippen MR) is 78.2 cm³/mol. The van der Waals surface area contributed by atoms with Gasteiger partial charge in [-0.25, -0.2) is 4.79 Å². The molecular formula is C17H22O4. The number of hydrogen-bond donors (Lipinski definition) is 2. The van der Waals surface area contributed by atoms with Gasteiger partial charge in [-0.2, -0.15) is 0 Å². The van der Waals surface area contributed by atoms with E-state index < -0.39 is 11.7 Å². The van der Waals surface area contributed by atoms with Gasteiger partial charge in [-0.15, -0.1) is 0 Å². The Morgan fingerprint density at radius 3 is 2.57 bits per heavy atom. The number of benzene rings is 1. The highest BCUT2D eigenvalue weighted by molar-refractivity contribution is 5.93. The Morgan fingerprint density at radius 1 is 1.29 bits per heavy atom. The molecule has 0 aliphatic heterocycles. The van der Waals surface area contributed by atoms with Crippen molar-refractivity contribution in [3.63, 3.8) is 0 Å². The molecule has 2 saturated carbocycles. The van der Waals surface area contributed by atoms with Gasteiger partial charge in [0.2, 0.25) is 0 Å². The van der Waals surface area contributed by atoms with Crippen molar-refractivity contribution in [3.05, 3.63) is 23.8 Å². The largest absolute Gasteiger partial charge is 0.504 e. The van der Waals surface area contributed by atoms with Crippen molar-refractivity contribution in [2.45, 2.75) is 46.1 Å². The molecule has 1 aromatic rings. The fourth-order valence-electron chi connectivity index (χ4n) is 4.20. The zero-order valence-electron chi connectivity index (χ0n) is 12.7. The van der Waals surface area contributed by atoms with E-state index in [-0.39, 0.29) is 28.2 Å². The molecule has 0 aromatic heterocycles. The average molecular weight is 290 g/mol. The highest BCUT2D eigenvalue weighted by atomic mass is 16.5. The maximum absolute atomic E-state index is 12.3. The van der Waals surface area contributed by atoms with Crippen molar-refractivity contribution >= 4 is 5.97 Å². The summed E-state index contributed by atoms with van der Waals surface area (Å²) in [6.07, 6.45) is 3.01. The predicted octanol–water partition coefficient (Wildman–Crippen LogP) is 3.47. The number of carbonyl (C=O) groups is 1. The molecule has 2 aliphatic carbocycles. The summed E-state index contributed by atoms with van der Waals surface area (Å²) >= 11 is 0. The van der Waals surface area contributed by atoms with Gasteiger partial charge in [0.1, 0.15) is 11.7 Å². The number of carbonyl (C=O) groups excluding carboxylic acids is 1. The Kier molecular flexibility index (Phi) is 2.98. The Morgan fingerprint density at radius 2 is 2.00 bits per heavy atom. The number of phenols is 2. The minimum Gasteiger partial charge on any atom is -0.504 e. The summed E-state index contributed by atoms with van der Waals surface area (Å²) in [5, 5.41) is 19.3. The lowest BCUT2D eigenvalue weighted by molar-refractivity contribution is -0.0244. The second kappa shape index (κ2) is 4.39. The van der Waals surface area contributed by atoms with Crippen molar-refractivity contribution < 1.29 is 19.7 Å². The topological polar surface area (TPSA) is 66.8 Å². The third kappa shape index (κ3) is 1.84. The molecule has 2 fully saturated rings. The molecule has 0 saturated heterocycles. The molecule has 0 spiro atoms. The third-order valence-electron chi connectivity index (χ3n) is 6.20. The molecule has 0 heterocycles. The van der Waals surface area contributed by atoms with E-state index >= 15 is 0 Å². The quantitative estimate of drug-likeness (QED) is 0.646. The summed E-state index contributed by atoms with van der Waals surface area (Å²) < 4.78 is 5.70. The maximum atomic E-state index is 12.3. The molecule has 0 amide bonds. The summed E-state index contributed by atoms with van der Waals surface area (Å²) in [5.41, 5.74) is 0.178. The standard InChI is InChI=1S/C17H22O4/c1-16(2)10-7-8-17(16,3)13(9-10)21-15(20)11-5-4-6-12(18)14(11)19/h4-6,10,13,18-19H,7-9H2,1-3H3. The van der Waals surface area contributed by atoms with Crippen LogP contribution < -0.4 is 0 Å². The van der Waals surface area contributed by atoms with Crippen LogP contribution in [0.1, 0.15) is 50.4 Å². The van der Waals surface area contributed by atoms with Crippen LogP contribution in [0.15, 0.2) is 18.2 Å². The maximum Gasteiger partial charge on any atom is 0.342 e. The van der Waals surface area contributed by atoms with Crippen molar-refractivity contribution in [3.8, 4) is 11.5 Å².